The Kier molecular flexibility index (Phi) is 12.6. The first-order chi connectivity index (χ1) is 18.6. The summed E-state index contributed by atoms with van der Waals surface area (Å²) in [6, 6.07) is 28.2. The summed E-state index contributed by atoms with van der Waals surface area (Å²) in [5, 5.41) is 0. The fraction of sp³-hybridized carbons (Fsp3) is 0. The maximum atomic E-state index is 4.01. The second-order valence-corrected chi connectivity index (χ2v) is 9.65. The van der Waals surface area contributed by atoms with E-state index in [0.717, 1.165) is 25.6 Å². The number of benzene rings is 2. The van der Waals surface area contributed by atoms with Gasteiger partial charge in [-0.15, -0.1) is 0 Å². The minimum atomic E-state index is 1.11. The lowest BCUT2D eigenvalue weighted by molar-refractivity contribution is 1.32. The molecule has 5 rings (SSSR count). The zero-order chi connectivity index (χ0) is 26.8. The molecule has 0 radical (unpaired) electrons. The Morgan fingerprint density at radius 2 is 0.658 bits per heavy atom. The first-order valence-electron chi connectivity index (χ1n) is 11.8. The molecule has 2 aromatic carbocycles. The van der Waals surface area contributed by atoms with E-state index in [-0.39, 0.29) is 0 Å². The minimum absolute atomic E-state index is 1.11. The van der Waals surface area contributed by atoms with Crippen LogP contribution in [0.3, 0.4) is 0 Å². The third kappa shape index (κ3) is 11.4. The molecule has 0 atom stereocenters. The van der Waals surface area contributed by atoms with Gasteiger partial charge in [-0.1, -0.05) is 93.1 Å². The van der Waals surface area contributed by atoms with E-state index < -0.39 is 0 Å². The molecule has 0 saturated heterocycles. The van der Waals surface area contributed by atoms with E-state index in [9.17, 15) is 0 Å². The zero-order valence-electron chi connectivity index (χ0n) is 20.7. The van der Waals surface area contributed by atoms with Gasteiger partial charge in [0.25, 0.3) is 0 Å². The molecule has 38 heavy (non-hydrogen) atoms. The average Bonchev–Trinajstić information content (AvgIpc) is 2.99. The van der Waals surface area contributed by atoms with Gasteiger partial charge in [-0.2, -0.15) is 0 Å². The summed E-state index contributed by atoms with van der Waals surface area (Å²) in [5.74, 6) is 0. The quantitative estimate of drug-likeness (QED) is 0.195. The lowest BCUT2D eigenvalue weighted by Gasteiger charge is -1.97. The van der Waals surface area contributed by atoms with Crippen LogP contribution < -0.4 is 0 Å². The van der Waals surface area contributed by atoms with E-state index in [0.29, 0.717) is 0 Å². The van der Waals surface area contributed by atoms with Crippen molar-refractivity contribution in [1.29, 1.82) is 0 Å². The molecule has 0 aliphatic heterocycles. The first kappa shape index (κ1) is 28.6. The van der Waals surface area contributed by atoms with Crippen LogP contribution in [0.25, 0.3) is 30.4 Å². The van der Waals surface area contributed by atoms with Gasteiger partial charge in [-0.3, -0.25) is 15.0 Å². The second-order valence-electron chi connectivity index (χ2n) is 7.82. The average molecular weight is 625 g/mol. The Morgan fingerprint density at radius 1 is 0.395 bits per heavy atom. The summed E-state index contributed by atoms with van der Waals surface area (Å²) in [6.07, 6.45) is 20.9. The molecule has 0 spiro atoms. The number of hydrogen-bond acceptors (Lipinski definition) is 3. The van der Waals surface area contributed by atoms with Gasteiger partial charge in [0.2, 0.25) is 0 Å². The fourth-order valence-electron chi connectivity index (χ4n) is 2.98. The minimum Gasteiger partial charge on any atom is -0.265 e. The zero-order valence-corrected chi connectivity index (χ0v) is 23.9. The van der Waals surface area contributed by atoms with Crippen molar-refractivity contribution >= 4 is 62.2 Å². The van der Waals surface area contributed by atoms with Gasteiger partial charge < -0.3 is 0 Å². The summed E-state index contributed by atoms with van der Waals surface area (Å²) in [7, 11) is 0. The number of nitrogens with zero attached hydrogens (tertiary/aromatic N) is 3. The topological polar surface area (TPSA) is 38.7 Å². The molecule has 3 heterocycles. The molecule has 0 amide bonds. The van der Waals surface area contributed by atoms with Gasteiger partial charge in [0.15, 0.2) is 0 Å². The van der Waals surface area contributed by atoms with E-state index in [1.165, 1.54) is 11.1 Å². The van der Waals surface area contributed by atoms with Gasteiger partial charge in [0.1, 0.15) is 0 Å². The summed E-state index contributed by atoms with van der Waals surface area (Å²) in [6.45, 7) is 3.60. The second kappa shape index (κ2) is 16.7. The Morgan fingerprint density at radius 3 is 0.921 bits per heavy atom. The molecule has 0 fully saturated rings. The molecule has 188 valence electrons. The first-order valence-corrected chi connectivity index (χ1v) is 13.4. The van der Waals surface area contributed by atoms with Crippen molar-refractivity contribution in [2.24, 2.45) is 0 Å². The summed E-state index contributed by atoms with van der Waals surface area (Å²) in [5.41, 5.74) is 5.77. The van der Waals surface area contributed by atoms with Crippen LogP contribution in [0.4, 0.5) is 0 Å². The van der Waals surface area contributed by atoms with Gasteiger partial charge in [0.05, 0.1) is 0 Å². The van der Waals surface area contributed by atoms with Crippen LogP contribution in [0.2, 0.25) is 0 Å². The third-order valence-electron chi connectivity index (χ3n) is 5.03. The van der Waals surface area contributed by atoms with Crippen LogP contribution >= 0.6 is 31.9 Å². The molecule has 0 aliphatic rings. The molecule has 0 N–H and O–H groups in total. The molecule has 3 aromatic heterocycles. The molecule has 3 nitrogen and oxygen atoms in total. The predicted molar refractivity (Wildman–Crippen MR) is 169 cm³/mol. The van der Waals surface area contributed by atoms with Crippen LogP contribution in [0.1, 0.15) is 27.8 Å². The van der Waals surface area contributed by atoms with Crippen molar-refractivity contribution in [3.63, 3.8) is 0 Å². The Bertz CT molecular complexity index is 1310. The molecule has 0 bridgehead atoms. The molecule has 0 unspecified atom stereocenters. The van der Waals surface area contributed by atoms with Crippen LogP contribution in [0.15, 0.2) is 138 Å². The van der Waals surface area contributed by atoms with Crippen molar-refractivity contribution in [2.45, 2.75) is 0 Å². The monoisotopic (exact) mass is 623 g/mol. The maximum Gasteiger partial charge on any atom is 0.0273 e. The number of hydrogen-bond donors (Lipinski definition) is 0. The van der Waals surface area contributed by atoms with Crippen molar-refractivity contribution in [3.8, 4) is 0 Å². The summed E-state index contributed by atoms with van der Waals surface area (Å²) < 4.78 is 2.22. The Hall–Kier alpha value is -3.93. The van der Waals surface area contributed by atoms with E-state index in [4.69, 9.17) is 0 Å². The van der Waals surface area contributed by atoms with Crippen molar-refractivity contribution in [2.75, 3.05) is 0 Å². The maximum absolute atomic E-state index is 4.01. The van der Waals surface area contributed by atoms with E-state index in [1.54, 1.807) is 43.3 Å². The lowest BCUT2D eigenvalue weighted by Crippen LogP contribution is -1.76. The van der Waals surface area contributed by atoms with Gasteiger partial charge >= 0.3 is 0 Å². The highest BCUT2D eigenvalue weighted by Gasteiger charge is 1.90. The largest absolute Gasteiger partial charge is 0.265 e. The molecule has 5 heteroatoms. The highest BCUT2D eigenvalue weighted by molar-refractivity contribution is 9.11. The van der Waals surface area contributed by atoms with E-state index in [1.807, 2.05) is 60.7 Å². The number of rotatable bonds is 5. The SMILES string of the molecule is Brc1ccc(Br)cc1.C(=C\c1ccc(/C=C/c2ccncc2)cc1)/c1ccncc1.C=Cc1ccncc1. The standard InChI is InChI=1S/C20H16N2.C7H7N.C6H4Br2/c1-2-18(6-8-20-11-15-22-16-12-20)4-3-17(1)5-7-19-9-13-21-14-10-19;1-2-7-3-5-8-6-4-7;7-5-1-2-6(8)4-3-5/h1-16H;2-6H,1H2;1-4H/b7-5+,8-6+;;. The summed E-state index contributed by atoms with van der Waals surface area (Å²) in [4.78, 5) is 11.9. The molecule has 5 aromatic rings. The molecular weight excluding hydrogens is 598 g/mol. The van der Waals surface area contributed by atoms with Crippen LogP contribution in [-0.4, -0.2) is 15.0 Å². The van der Waals surface area contributed by atoms with E-state index in [2.05, 4.69) is 102 Å². The fourth-order valence-corrected chi connectivity index (χ4v) is 3.51. The van der Waals surface area contributed by atoms with Crippen molar-refractivity contribution in [1.82, 2.24) is 15.0 Å². The number of halogens is 2. The predicted octanol–water partition coefficient (Wildman–Crippen LogP) is 9.75. The van der Waals surface area contributed by atoms with E-state index >= 15 is 0 Å². The number of pyridine rings is 3. The molecule has 0 aliphatic carbocycles. The Balaban J connectivity index is 0.000000203. The normalized spacial score (nSPS) is 10.3. The van der Waals surface area contributed by atoms with Gasteiger partial charge in [-0.05, 0) is 88.5 Å². The van der Waals surface area contributed by atoms with Crippen molar-refractivity contribution < 1.29 is 0 Å². The lowest BCUT2D eigenvalue weighted by atomic mass is 10.1. The highest BCUT2D eigenvalue weighted by atomic mass is 79.9. The number of aromatic nitrogens is 3. The third-order valence-corrected chi connectivity index (χ3v) is 6.09. The molecule has 0 saturated carbocycles. The van der Waals surface area contributed by atoms with Crippen molar-refractivity contribution in [3.05, 3.63) is 165 Å². The smallest absolute Gasteiger partial charge is 0.0273 e. The highest BCUT2D eigenvalue weighted by Crippen LogP contribution is 2.14. The summed E-state index contributed by atoms with van der Waals surface area (Å²) >= 11 is 6.65. The van der Waals surface area contributed by atoms with Gasteiger partial charge in [0, 0.05) is 46.1 Å². The molecular formula is C33H27Br2N3. The Labute approximate surface area is 241 Å². The van der Waals surface area contributed by atoms with Crippen LogP contribution in [0, 0.1) is 0 Å². The van der Waals surface area contributed by atoms with Crippen LogP contribution in [0.5, 0.6) is 0 Å². The van der Waals surface area contributed by atoms with Gasteiger partial charge in [-0.25, -0.2) is 0 Å². The van der Waals surface area contributed by atoms with Crippen LogP contribution in [-0.2, 0) is 0 Å².